The van der Waals surface area contributed by atoms with Crippen LogP contribution in [0.4, 0.5) is 0 Å². The monoisotopic (exact) mass is 285 g/mol. The van der Waals surface area contributed by atoms with Gasteiger partial charge in [0.15, 0.2) is 0 Å². The van der Waals surface area contributed by atoms with Crippen molar-refractivity contribution < 1.29 is 24.9 Å². The second-order valence-corrected chi connectivity index (χ2v) is 4.16. The van der Waals surface area contributed by atoms with Crippen LogP contribution in [0.1, 0.15) is 0 Å². The summed E-state index contributed by atoms with van der Waals surface area (Å²) >= 11 is 0. The number of phenolic OH excluding ortho intramolecular Hbond substituents is 1. The molecule has 0 unspecified atom stereocenters. The smallest absolute Gasteiger partial charge is 0.414 e. The number of nitrogens with zero attached hydrogens (tertiary/aromatic N) is 1. The van der Waals surface area contributed by atoms with Gasteiger partial charge in [-0.3, -0.25) is 4.98 Å². The highest BCUT2D eigenvalue weighted by atomic mass is 16.4. The van der Waals surface area contributed by atoms with Gasteiger partial charge in [-0.05, 0) is 23.6 Å². The molecule has 0 atom stereocenters. The van der Waals surface area contributed by atoms with Crippen molar-refractivity contribution in [3.05, 3.63) is 48.7 Å². The van der Waals surface area contributed by atoms with Crippen molar-refractivity contribution in [3.63, 3.8) is 0 Å². The quantitative estimate of drug-likeness (QED) is 0.432. The Kier molecular flexibility index (Phi) is 3.99. The van der Waals surface area contributed by atoms with Crippen molar-refractivity contribution in [2.24, 2.45) is 0 Å². The minimum Gasteiger partial charge on any atom is -0.508 e. The molecule has 0 radical (unpaired) electrons. The molecular formula is C15H11NO5. The number of carboxylic acid groups (broad SMARTS) is 2. The van der Waals surface area contributed by atoms with Gasteiger partial charge in [0.2, 0.25) is 0 Å². The van der Waals surface area contributed by atoms with E-state index in [2.05, 4.69) is 4.98 Å². The van der Waals surface area contributed by atoms with E-state index >= 15 is 0 Å². The van der Waals surface area contributed by atoms with Crippen molar-refractivity contribution in [2.75, 3.05) is 0 Å². The van der Waals surface area contributed by atoms with Gasteiger partial charge < -0.3 is 15.3 Å². The molecule has 6 nitrogen and oxygen atoms in total. The van der Waals surface area contributed by atoms with Crippen LogP contribution in [0.15, 0.2) is 48.7 Å². The molecule has 0 fully saturated rings. The van der Waals surface area contributed by atoms with E-state index in [1.165, 1.54) is 0 Å². The topological polar surface area (TPSA) is 108 Å². The third-order valence-corrected chi connectivity index (χ3v) is 2.76. The summed E-state index contributed by atoms with van der Waals surface area (Å²) in [6, 6.07) is 13.3. The Balaban J connectivity index is 0.000000232. The van der Waals surface area contributed by atoms with Crippen LogP contribution in [0, 0.1) is 0 Å². The van der Waals surface area contributed by atoms with Crippen molar-refractivity contribution in [2.45, 2.75) is 0 Å². The summed E-state index contributed by atoms with van der Waals surface area (Å²) in [7, 11) is 0. The number of benzene rings is 2. The Bertz CT molecular complexity index is 817. The van der Waals surface area contributed by atoms with Crippen molar-refractivity contribution in [1.29, 1.82) is 0 Å². The van der Waals surface area contributed by atoms with Gasteiger partial charge in [0.05, 0.1) is 5.52 Å². The lowest BCUT2D eigenvalue weighted by Gasteiger charge is -2.02. The minimum atomic E-state index is -1.82. The molecule has 0 spiro atoms. The first-order valence-electron chi connectivity index (χ1n) is 5.91. The van der Waals surface area contributed by atoms with E-state index in [-0.39, 0.29) is 5.75 Å². The van der Waals surface area contributed by atoms with Crippen molar-refractivity contribution in [1.82, 2.24) is 4.98 Å². The molecule has 6 heteroatoms. The van der Waals surface area contributed by atoms with Gasteiger partial charge in [-0.2, -0.15) is 0 Å². The van der Waals surface area contributed by atoms with Crippen LogP contribution in [-0.4, -0.2) is 32.2 Å². The fourth-order valence-corrected chi connectivity index (χ4v) is 1.85. The molecular weight excluding hydrogens is 274 g/mol. The SMILES string of the molecule is O=C(O)C(=O)O.Oc1ccc2ncc3ccccc3c2c1. The fraction of sp³-hybridized carbons (Fsp3) is 0. The zero-order chi connectivity index (χ0) is 15.4. The average molecular weight is 285 g/mol. The minimum absolute atomic E-state index is 0.278. The molecule has 3 rings (SSSR count). The normalized spacial score (nSPS) is 9.90. The van der Waals surface area contributed by atoms with E-state index in [1.54, 1.807) is 12.1 Å². The van der Waals surface area contributed by atoms with Crippen LogP contribution in [0.2, 0.25) is 0 Å². The zero-order valence-corrected chi connectivity index (χ0v) is 10.7. The molecule has 106 valence electrons. The van der Waals surface area contributed by atoms with Gasteiger partial charge in [-0.1, -0.05) is 24.3 Å². The van der Waals surface area contributed by atoms with E-state index in [0.29, 0.717) is 0 Å². The van der Waals surface area contributed by atoms with Crippen LogP contribution in [0.5, 0.6) is 5.75 Å². The molecule has 3 N–H and O–H groups in total. The maximum absolute atomic E-state index is 9.46. The van der Waals surface area contributed by atoms with Gasteiger partial charge in [-0.25, -0.2) is 9.59 Å². The molecule has 1 aromatic heterocycles. The second-order valence-electron chi connectivity index (χ2n) is 4.16. The summed E-state index contributed by atoms with van der Waals surface area (Å²) in [5.41, 5.74) is 0.909. The summed E-state index contributed by atoms with van der Waals surface area (Å²) < 4.78 is 0. The Morgan fingerprint density at radius 1 is 0.905 bits per heavy atom. The molecule has 0 bridgehead atoms. The Morgan fingerprint density at radius 3 is 2.24 bits per heavy atom. The van der Waals surface area contributed by atoms with Gasteiger partial charge in [0, 0.05) is 17.0 Å². The average Bonchev–Trinajstić information content (AvgIpc) is 2.47. The van der Waals surface area contributed by atoms with E-state index in [9.17, 15) is 5.11 Å². The van der Waals surface area contributed by atoms with Crippen LogP contribution < -0.4 is 0 Å². The Morgan fingerprint density at radius 2 is 1.57 bits per heavy atom. The number of pyridine rings is 1. The van der Waals surface area contributed by atoms with E-state index in [1.807, 2.05) is 36.5 Å². The maximum Gasteiger partial charge on any atom is 0.414 e. The number of carboxylic acids is 2. The Labute approximate surface area is 118 Å². The largest absolute Gasteiger partial charge is 0.508 e. The molecule has 0 aliphatic rings. The molecule has 0 saturated carbocycles. The summed E-state index contributed by atoms with van der Waals surface area (Å²) in [4.78, 5) is 22.5. The second kappa shape index (κ2) is 5.87. The number of carbonyl (C=O) groups is 2. The van der Waals surface area contributed by atoms with Gasteiger partial charge >= 0.3 is 11.9 Å². The first-order chi connectivity index (χ1) is 9.99. The number of hydrogen-bond acceptors (Lipinski definition) is 4. The van der Waals surface area contributed by atoms with E-state index < -0.39 is 11.9 Å². The number of aliphatic carboxylic acids is 2. The molecule has 0 saturated heterocycles. The predicted molar refractivity (Wildman–Crippen MR) is 76.2 cm³/mol. The fourth-order valence-electron chi connectivity index (χ4n) is 1.85. The number of aromatic nitrogens is 1. The van der Waals surface area contributed by atoms with Crippen molar-refractivity contribution in [3.8, 4) is 5.75 Å². The van der Waals surface area contributed by atoms with Gasteiger partial charge in [0.25, 0.3) is 0 Å². The predicted octanol–water partition coefficient (Wildman–Crippen LogP) is 2.25. The summed E-state index contributed by atoms with van der Waals surface area (Å²) in [5.74, 6) is -3.37. The molecule has 2 aromatic carbocycles. The maximum atomic E-state index is 9.46. The molecule has 21 heavy (non-hydrogen) atoms. The number of aromatic hydroxyl groups is 1. The van der Waals surface area contributed by atoms with Crippen LogP contribution in [0.3, 0.4) is 0 Å². The molecule has 0 amide bonds. The van der Waals surface area contributed by atoms with Crippen LogP contribution in [-0.2, 0) is 9.59 Å². The van der Waals surface area contributed by atoms with E-state index in [0.717, 1.165) is 21.7 Å². The summed E-state index contributed by atoms with van der Waals surface area (Å²) in [5, 5.41) is 27.5. The lowest BCUT2D eigenvalue weighted by Crippen LogP contribution is -2.09. The molecule has 0 aliphatic carbocycles. The van der Waals surface area contributed by atoms with Crippen molar-refractivity contribution >= 4 is 33.6 Å². The first-order valence-corrected chi connectivity index (χ1v) is 5.91. The summed E-state index contributed by atoms with van der Waals surface area (Å²) in [6.07, 6.45) is 1.86. The van der Waals surface area contributed by atoms with Gasteiger partial charge in [-0.15, -0.1) is 0 Å². The standard InChI is InChI=1S/C13H9NO.C2H2O4/c15-10-5-6-13-12(7-10)11-4-2-1-3-9(11)8-14-13;3-1(4)2(5)6/h1-8,15H;(H,3,4)(H,5,6). The number of fused-ring (bicyclic) bond motifs is 3. The van der Waals surface area contributed by atoms with Gasteiger partial charge in [0.1, 0.15) is 5.75 Å². The lowest BCUT2D eigenvalue weighted by molar-refractivity contribution is -0.159. The highest BCUT2D eigenvalue weighted by Crippen LogP contribution is 2.25. The zero-order valence-electron chi connectivity index (χ0n) is 10.7. The molecule has 0 aliphatic heterocycles. The molecule has 1 heterocycles. The Hall–Kier alpha value is -3.15. The van der Waals surface area contributed by atoms with E-state index in [4.69, 9.17) is 19.8 Å². The lowest BCUT2D eigenvalue weighted by atomic mass is 10.1. The highest BCUT2D eigenvalue weighted by Gasteiger charge is 2.04. The number of hydrogen-bond donors (Lipinski definition) is 3. The van der Waals surface area contributed by atoms with Crippen LogP contribution in [0.25, 0.3) is 21.7 Å². The third-order valence-electron chi connectivity index (χ3n) is 2.76. The number of rotatable bonds is 0. The molecule has 3 aromatic rings. The first kappa shape index (κ1) is 14.3. The highest BCUT2D eigenvalue weighted by molar-refractivity contribution is 6.27. The summed E-state index contributed by atoms with van der Waals surface area (Å²) in [6.45, 7) is 0. The van der Waals surface area contributed by atoms with Crippen LogP contribution >= 0.6 is 0 Å². The number of phenols is 1. The third kappa shape index (κ3) is 3.24.